The number of sulfonamides is 1. The maximum atomic E-state index is 12.9. The van der Waals surface area contributed by atoms with E-state index in [1.54, 1.807) is 26.2 Å². The minimum Gasteiger partial charge on any atom is -0.496 e. The van der Waals surface area contributed by atoms with Crippen LogP contribution in [0.5, 0.6) is 5.75 Å². The Bertz CT molecular complexity index is 902. The van der Waals surface area contributed by atoms with E-state index in [9.17, 15) is 8.42 Å². The molecule has 4 nitrogen and oxygen atoms in total. The van der Waals surface area contributed by atoms with E-state index in [2.05, 4.69) is 23.8 Å². The monoisotopic (exact) mass is 361 g/mol. The predicted molar refractivity (Wildman–Crippen MR) is 102 cm³/mol. The molecule has 0 amide bonds. The molecule has 1 N–H and O–H groups in total. The summed E-state index contributed by atoms with van der Waals surface area (Å²) in [6, 6.07) is 7.14. The van der Waals surface area contributed by atoms with Crippen LogP contribution in [0.4, 0.5) is 0 Å². The highest BCUT2D eigenvalue weighted by molar-refractivity contribution is 7.89. The van der Waals surface area contributed by atoms with E-state index < -0.39 is 10.0 Å². The van der Waals surface area contributed by atoms with Gasteiger partial charge in [-0.05, 0) is 87.1 Å². The van der Waals surface area contributed by atoms with Gasteiger partial charge in [0, 0.05) is 6.04 Å². The lowest BCUT2D eigenvalue weighted by Crippen LogP contribution is -2.28. The summed E-state index contributed by atoms with van der Waals surface area (Å²) in [5, 5.41) is 0. The standard InChI is InChI=1S/C20H27NO3S/c1-12-10-14(3)18(11-13(12)2)17(6)21-25(22,23)20-9-8-19(24-7)15(4)16(20)5/h8-11,17,21H,1-7H3. The minimum atomic E-state index is -3.63. The van der Waals surface area contributed by atoms with Gasteiger partial charge in [0.15, 0.2) is 0 Å². The van der Waals surface area contributed by atoms with Gasteiger partial charge < -0.3 is 4.74 Å². The van der Waals surface area contributed by atoms with Gasteiger partial charge in [0.2, 0.25) is 10.0 Å². The highest BCUT2D eigenvalue weighted by Gasteiger charge is 2.23. The molecule has 0 aliphatic carbocycles. The number of ether oxygens (including phenoxy) is 1. The van der Waals surface area contributed by atoms with Crippen molar-refractivity contribution in [3.63, 3.8) is 0 Å². The summed E-state index contributed by atoms with van der Waals surface area (Å²) in [6.07, 6.45) is 0. The van der Waals surface area contributed by atoms with Crippen molar-refractivity contribution in [3.8, 4) is 5.75 Å². The second-order valence-electron chi connectivity index (χ2n) is 6.65. The topological polar surface area (TPSA) is 55.4 Å². The Morgan fingerprint density at radius 3 is 2.12 bits per heavy atom. The van der Waals surface area contributed by atoms with Crippen LogP contribution in [0, 0.1) is 34.6 Å². The molecule has 2 rings (SSSR count). The van der Waals surface area contributed by atoms with Gasteiger partial charge in [-0.3, -0.25) is 0 Å². The molecule has 0 spiro atoms. The third-order valence-corrected chi connectivity index (χ3v) is 6.56. The molecule has 5 heteroatoms. The molecule has 2 aromatic carbocycles. The van der Waals surface area contributed by atoms with Crippen LogP contribution in [-0.2, 0) is 10.0 Å². The van der Waals surface area contributed by atoms with Gasteiger partial charge in [0.05, 0.1) is 12.0 Å². The quantitative estimate of drug-likeness (QED) is 0.865. The number of hydrogen-bond acceptors (Lipinski definition) is 3. The normalized spacial score (nSPS) is 12.9. The molecule has 0 fully saturated rings. The van der Waals surface area contributed by atoms with Crippen LogP contribution in [0.2, 0.25) is 0 Å². The first-order valence-corrected chi connectivity index (χ1v) is 9.81. The zero-order valence-corrected chi connectivity index (χ0v) is 16.8. The third-order valence-electron chi connectivity index (χ3n) is 4.88. The van der Waals surface area contributed by atoms with Crippen molar-refractivity contribution in [2.75, 3.05) is 7.11 Å². The first-order valence-electron chi connectivity index (χ1n) is 8.32. The Hall–Kier alpha value is -1.85. The van der Waals surface area contributed by atoms with Crippen molar-refractivity contribution >= 4 is 10.0 Å². The first-order chi connectivity index (χ1) is 11.6. The van der Waals surface area contributed by atoms with E-state index in [0.29, 0.717) is 16.2 Å². The molecule has 25 heavy (non-hydrogen) atoms. The fraction of sp³-hybridized carbons (Fsp3) is 0.400. The molecular weight excluding hydrogens is 334 g/mol. The maximum Gasteiger partial charge on any atom is 0.241 e. The SMILES string of the molecule is COc1ccc(S(=O)(=O)NC(C)c2cc(C)c(C)cc2C)c(C)c1C. The molecule has 0 saturated carbocycles. The van der Waals surface area contributed by atoms with Crippen LogP contribution in [0.25, 0.3) is 0 Å². The molecular formula is C20H27NO3S. The largest absolute Gasteiger partial charge is 0.496 e. The summed E-state index contributed by atoms with van der Waals surface area (Å²) in [5.74, 6) is 0.689. The molecule has 0 bridgehead atoms. The zero-order chi connectivity index (χ0) is 18.9. The number of benzene rings is 2. The lowest BCUT2D eigenvalue weighted by atomic mass is 9.97. The Kier molecular flexibility index (Phi) is 5.59. The maximum absolute atomic E-state index is 12.9. The lowest BCUT2D eigenvalue weighted by molar-refractivity contribution is 0.410. The molecule has 0 aromatic heterocycles. The smallest absolute Gasteiger partial charge is 0.241 e. The summed E-state index contributed by atoms with van der Waals surface area (Å²) < 4.78 is 33.9. The predicted octanol–water partition coefficient (Wildman–Crippen LogP) is 4.28. The average molecular weight is 362 g/mol. The van der Waals surface area contributed by atoms with E-state index in [-0.39, 0.29) is 6.04 Å². The van der Waals surface area contributed by atoms with E-state index in [0.717, 1.165) is 22.3 Å². The van der Waals surface area contributed by atoms with E-state index in [4.69, 9.17) is 4.74 Å². The van der Waals surface area contributed by atoms with Crippen molar-refractivity contribution in [3.05, 3.63) is 57.6 Å². The van der Waals surface area contributed by atoms with Crippen molar-refractivity contribution < 1.29 is 13.2 Å². The molecule has 136 valence electrons. The number of nitrogens with one attached hydrogen (secondary N) is 1. The van der Waals surface area contributed by atoms with Crippen LogP contribution < -0.4 is 9.46 Å². The van der Waals surface area contributed by atoms with Crippen molar-refractivity contribution in [2.24, 2.45) is 0 Å². The van der Waals surface area contributed by atoms with Crippen LogP contribution in [0.1, 0.15) is 46.3 Å². The zero-order valence-electron chi connectivity index (χ0n) is 16.0. The molecule has 0 radical (unpaired) electrons. The summed E-state index contributed by atoms with van der Waals surface area (Å²) in [4.78, 5) is 0.291. The molecule has 0 heterocycles. The molecule has 0 aliphatic rings. The molecule has 1 atom stereocenters. The Labute approximate surface area is 151 Å². The number of rotatable bonds is 5. The van der Waals surface area contributed by atoms with Crippen LogP contribution in [-0.4, -0.2) is 15.5 Å². The Balaban J connectivity index is 2.39. The summed E-state index contributed by atoms with van der Waals surface area (Å²) in [7, 11) is -2.05. The highest BCUT2D eigenvalue weighted by Crippen LogP contribution is 2.28. The van der Waals surface area contributed by atoms with Gasteiger partial charge >= 0.3 is 0 Å². The second-order valence-corrected chi connectivity index (χ2v) is 8.33. The number of hydrogen-bond donors (Lipinski definition) is 1. The molecule has 2 aromatic rings. The number of aryl methyl sites for hydroxylation is 3. The van der Waals surface area contributed by atoms with Crippen LogP contribution in [0.15, 0.2) is 29.2 Å². The first kappa shape index (κ1) is 19.5. The van der Waals surface area contributed by atoms with Gasteiger partial charge in [0.1, 0.15) is 5.75 Å². The van der Waals surface area contributed by atoms with Gasteiger partial charge in [-0.25, -0.2) is 13.1 Å². The Morgan fingerprint density at radius 1 is 0.920 bits per heavy atom. The van der Waals surface area contributed by atoms with E-state index in [1.807, 2.05) is 27.7 Å². The average Bonchev–Trinajstić information content (AvgIpc) is 2.52. The highest BCUT2D eigenvalue weighted by atomic mass is 32.2. The van der Waals surface area contributed by atoms with Crippen molar-refractivity contribution in [2.45, 2.75) is 52.5 Å². The van der Waals surface area contributed by atoms with Crippen LogP contribution in [0.3, 0.4) is 0 Å². The van der Waals surface area contributed by atoms with Gasteiger partial charge in [-0.15, -0.1) is 0 Å². The molecule has 1 unspecified atom stereocenters. The van der Waals surface area contributed by atoms with Crippen molar-refractivity contribution in [1.29, 1.82) is 0 Å². The summed E-state index contributed by atoms with van der Waals surface area (Å²) in [6.45, 7) is 11.7. The van der Waals surface area contributed by atoms with Gasteiger partial charge in [-0.1, -0.05) is 12.1 Å². The summed E-state index contributed by atoms with van der Waals surface area (Å²) in [5.41, 5.74) is 5.98. The van der Waals surface area contributed by atoms with Crippen molar-refractivity contribution in [1.82, 2.24) is 4.72 Å². The van der Waals surface area contributed by atoms with Gasteiger partial charge in [-0.2, -0.15) is 0 Å². The summed E-state index contributed by atoms with van der Waals surface area (Å²) >= 11 is 0. The molecule has 0 saturated heterocycles. The third kappa shape index (κ3) is 3.88. The molecule has 0 aliphatic heterocycles. The Morgan fingerprint density at radius 2 is 1.52 bits per heavy atom. The second kappa shape index (κ2) is 7.18. The minimum absolute atomic E-state index is 0.291. The fourth-order valence-corrected chi connectivity index (χ4v) is 4.62. The van der Waals surface area contributed by atoms with E-state index >= 15 is 0 Å². The lowest BCUT2D eigenvalue weighted by Gasteiger charge is -2.20. The van der Waals surface area contributed by atoms with Crippen LogP contribution >= 0.6 is 0 Å². The van der Waals surface area contributed by atoms with Gasteiger partial charge in [0.25, 0.3) is 0 Å². The van der Waals surface area contributed by atoms with E-state index in [1.165, 1.54) is 5.56 Å². The number of methoxy groups -OCH3 is 1. The fourth-order valence-electron chi connectivity index (χ4n) is 3.09.